The highest BCUT2D eigenvalue weighted by molar-refractivity contribution is 5.78. The van der Waals surface area contributed by atoms with E-state index in [0.717, 1.165) is 38.0 Å². The van der Waals surface area contributed by atoms with Crippen LogP contribution in [-0.4, -0.2) is 54.9 Å². The number of carbonyl (C=O) groups is 1. The summed E-state index contributed by atoms with van der Waals surface area (Å²) in [6, 6.07) is 1.56. The smallest absolute Gasteiger partial charge is 0.135 e. The van der Waals surface area contributed by atoms with Gasteiger partial charge in [-0.3, -0.25) is 4.79 Å². The second-order valence-electron chi connectivity index (χ2n) is 5.46. The lowest BCUT2D eigenvalue weighted by Gasteiger charge is -2.16. The number of hydrogen-bond acceptors (Lipinski definition) is 3. The summed E-state index contributed by atoms with van der Waals surface area (Å²) < 4.78 is 0. The molecule has 3 nitrogen and oxygen atoms in total. The molecule has 0 atom stereocenters. The summed E-state index contributed by atoms with van der Waals surface area (Å²) in [5, 5.41) is 0. The maximum Gasteiger partial charge on any atom is 0.135 e. The SMILES string of the molecule is CN(CCC(=O)CCN(C)C1CC1)C1CC1. The van der Waals surface area contributed by atoms with Gasteiger partial charge in [0.2, 0.25) is 0 Å². The Morgan fingerprint density at radius 1 is 0.938 bits per heavy atom. The molecular formula is C13H24N2O. The molecule has 0 aromatic rings. The van der Waals surface area contributed by atoms with Crippen molar-refractivity contribution >= 4 is 5.78 Å². The zero-order valence-electron chi connectivity index (χ0n) is 10.6. The number of hydrogen-bond donors (Lipinski definition) is 0. The van der Waals surface area contributed by atoms with E-state index in [-0.39, 0.29) is 0 Å². The summed E-state index contributed by atoms with van der Waals surface area (Å²) >= 11 is 0. The predicted molar refractivity (Wildman–Crippen MR) is 65.5 cm³/mol. The van der Waals surface area contributed by atoms with E-state index in [2.05, 4.69) is 23.9 Å². The lowest BCUT2D eigenvalue weighted by molar-refractivity contribution is -0.119. The molecule has 16 heavy (non-hydrogen) atoms. The molecule has 2 fully saturated rings. The average molecular weight is 224 g/mol. The van der Waals surface area contributed by atoms with E-state index in [1.165, 1.54) is 25.7 Å². The minimum absolute atomic E-state index is 0.431. The Bertz CT molecular complexity index is 222. The zero-order valence-corrected chi connectivity index (χ0v) is 10.6. The Kier molecular flexibility index (Phi) is 3.98. The summed E-state index contributed by atoms with van der Waals surface area (Å²) in [7, 11) is 4.28. The summed E-state index contributed by atoms with van der Waals surface area (Å²) in [6.45, 7) is 1.91. The van der Waals surface area contributed by atoms with Gasteiger partial charge in [-0.05, 0) is 39.8 Å². The Labute approximate surface area is 98.8 Å². The molecule has 0 N–H and O–H groups in total. The maximum absolute atomic E-state index is 11.7. The summed E-state index contributed by atoms with van der Waals surface area (Å²) in [6.07, 6.45) is 6.80. The molecule has 0 amide bonds. The van der Waals surface area contributed by atoms with Crippen LogP contribution in [0.5, 0.6) is 0 Å². The van der Waals surface area contributed by atoms with Crippen LogP contribution in [0.3, 0.4) is 0 Å². The van der Waals surface area contributed by atoms with Crippen molar-refractivity contribution < 1.29 is 4.79 Å². The highest BCUT2D eigenvalue weighted by atomic mass is 16.1. The van der Waals surface area contributed by atoms with Crippen LogP contribution >= 0.6 is 0 Å². The van der Waals surface area contributed by atoms with Gasteiger partial charge in [-0.1, -0.05) is 0 Å². The second-order valence-corrected chi connectivity index (χ2v) is 5.46. The Morgan fingerprint density at radius 2 is 1.31 bits per heavy atom. The van der Waals surface area contributed by atoms with Crippen molar-refractivity contribution in [2.75, 3.05) is 27.2 Å². The van der Waals surface area contributed by atoms with Gasteiger partial charge in [-0.25, -0.2) is 0 Å². The van der Waals surface area contributed by atoms with E-state index in [0.29, 0.717) is 5.78 Å². The number of nitrogens with zero attached hydrogens (tertiary/aromatic N) is 2. The van der Waals surface area contributed by atoms with Gasteiger partial charge in [0, 0.05) is 38.0 Å². The average Bonchev–Trinajstić information content (AvgIpc) is 3.12. The molecule has 0 heterocycles. The van der Waals surface area contributed by atoms with Crippen LogP contribution in [0.1, 0.15) is 38.5 Å². The maximum atomic E-state index is 11.7. The first-order chi connectivity index (χ1) is 7.66. The molecule has 92 valence electrons. The molecule has 0 unspecified atom stereocenters. The fraction of sp³-hybridized carbons (Fsp3) is 0.923. The molecule has 2 saturated carbocycles. The first-order valence-electron chi connectivity index (χ1n) is 6.59. The van der Waals surface area contributed by atoms with E-state index in [4.69, 9.17) is 0 Å². The van der Waals surface area contributed by atoms with Gasteiger partial charge in [-0.2, -0.15) is 0 Å². The molecule has 0 spiro atoms. The third-order valence-corrected chi connectivity index (χ3v) is 3.83. The lowest BCUT2D eigenvalue weighted by atomic mass is 10.2. The van der Waals surface area contributed by atoms with Crippen LogP contribution in [0.4, 0.5) is 0 Å². The molecule has 0 saturated heterocycles. The molecule has 3 heteroatoms. The summed E-state index contributed by atoms with van der Waals surface area (Å²) in [4.78, 5) is 16.4. The van der Waals surface area contributed by atoms with Gasteiger partial charge in [-0.15, -0.1) is 0 Å². The van der Waals surface area contributed by atoms with Crippen LogP contribution in [0.25, 0.3) is 0 Å². The highest BCUT2D eigenvalue weighted by Crippen LogP contribution is 2.26. The standard InChI is InChI=1S/C13H24N2O/c1-14(11-3-4-11)9-7-13(16)8-10-15(2)12-5-6-12/h11-12H,3-10H2,1-2H3. The summed E-state index contributed by atoms with van der Waals surface area (Å²) in [5.41, 5.74) is 0. The molecule has 2 rings (SSSR count). The van der Waals surface area contributed by atoms with E-state index in [9.17, 15) is 4.79 Å². The largest absolute Gasteiger partial charge is 0.303 e. The van der Waals surface area contributed by atoms with E-state index in [1.807, 2.05) is 0 Å². The second kappa shape index (κ2) is 5.28. The third-order valence-electron chi connectivity index (χ3n) is 3.83. The van der Waals surface area contributed by atoms with Gasteiger partial charge < -0.3 is 9.80 Å². The molecule has 0 aromatic heterocycles. The first kappa shape index (κ1) is 12.1. The van der Waals surface area contributed by atoms with Crippen molar-refractivity contribution in [2.24, 2.45) is 0 Å². The number of rotatable bonds is 8. The number of ketones is 1. The van der Waals surface area contributed by atoms with E-state index in [1.54, 1.807) is 0 Å². The topological polar surface area (TPSA) is 23.6 Å². The van der Waals surface area contributed by atoms with Crippen LogP contribution in [-0.2, 0) is 4.79 Å². The summed E-state index contributed by atoms with van der Waals surface area (Å²) in [5.74, 6) is 0.431. The zero-order chi connectivity index (χ0) is 11.5. The van der Waals surface area contributed by atoms with E-state index >= 15 is 0 Å². The molecular weight excluding hydrogens is 200 g/mol. The molecule has 2 aliphatic carbocycles. The fourth-order valence-corrected chi connectivity index (χ4v) is 2.12. The first-order valence-corrected chi connectivity index (χ1v) is 6.59. The Hall–Kier alpha value is -0.410. The van der Waals surface area contributed by atoms with Crippen molar-refractivity contribution in [3.8, 4) is 0 Å². The van der Waals surface area contributed by atoms with Gasteiger partial charge in [0.25, 0.3) is 0 Å². The molecule has 2 aliphatic rings. The number of Topliss-reactive ketones (excluding diaryl/α,β-unsaturated/α-hetero) is 1. The van der Waals surface area contributed by atoms with Crippen molar-refractivity contribution in [2.45, 2.75) is 50.6 Å². The Morgan fingerprint density at radius 3 is 1.62 bits per heavy atom. The van der Waals surface area contributed by atoms with Crippen LogP contribution < -0.4 is 0 Å². The quantitative estimate of drug-likeness (QED) is 0.624. The van der Waals surface area contributed by atoms with Gasteiger partial charge in [0.1, 0.15) is 5.78 Å². The van der Waals surface area contributed by atoms with Gasteiger partial charge >= 0.3 is 0 Å². The van der Waals surface area contributed by atoms with E-state index < -0.39 is 0 Å². The molecule has 0 aliphatic heterocycles. The predicted octanol–water partition coefficient (Wildman–Crippen LogP) is 1.52. The third kappa shape index (κ3) is 3.87. The highest BCUT2D eigenvalue weighted by Gasteiger charge is 2.27. The minimum atomic E-state index is 0.431. The van der Waals surface area contributed by atoms with Crippen LogP contribution in [0, 0.1) is 0 Å². The van der Waals surface area contributed by atoms with Crippen molar-refractivity contribution in [1.82, 2.24) is 9.80 Å². The van der Waals surface area contributed by atoms with Crippen molar-refractivity contribution in [3.05, 3.63) is 0 Å². The van der Waals surface area contributed by atoms with Crippen LogP contribution in [0.15, 0.2) is 0 Å². The van der Waals surface area contributed by atoms with Gasteiger partial charge in [0.05, 0.1) is 0 Å². The van der Waals surface area contributed by atoms with Gasteiger partial charge in [0.15, 0.2) is 0 Å². The number of carbonyl (C=O) groups excluding carboxylic acids is 1. The molecule has 0 aromatic carbocycles. The van der Waals surface area contributed by atoms with Crippen molar-refractivity contribution in [3.63, 3.8) is 0 Å². The Balaban J connectivity index is 1.53. The van der Waals surface area contributed by atoms with Crippen LogP contribution in [0.2, 0.25) is 0 Å². The normalized spacial score (nSPS) is 20.8. The molecule has 0 bridgehead atoms. The molecule has 0 radical (unpaired) electrons. The monoisotopic (exact) mass is 224 g/mol. The fourth-order valence-electron chi connectivity index (χ4n) is 2.12. The lowest BCUT2D eigenvalue weighted by Crippen LogP contribution is -2.27. The minimum Gasteiger partial charge on any atom is -0.303 e. The van der Waals surface area contributed by atoms with Crippen molar-refractivity contribution in [1.29, 1.82) is 0 Å².